The predicted molar refractivity (Wildman–Crippen MR) is 87.2 cm³/mol. The van der Waals surface area contributed by atoms with Gasteiger partial charge < -0.3 is 14.5 Å². The number of hydrogen-bond acceptors (Lipinski definition) is 3. The summed E-state index contributed by atoms with van der Waals surface area (Å²) in [7, 11) is 1.70. The number of ether oxygens (including phenoxy) is 1. The van der Waals surface area contributed by atoms with Crippen LogP contribution in [0.2, 0.25) is 0 Å². The first-order valence-electron chi connectivity index (χ1n) is 7.37. The summed E-state index contributed by atoms with van der Waals surface area (Å²) in [6.07, 6.45) is 2.55. The van der Waals surface area contributed by atoms with E-state index in [9.17, 15) is 0 Å². The second-order valence-corrected chi connectivity index (χ2v) is 6.49. The van der Waals surface area contributed by atoms with Crippen molar-refractivity contribution < 1.29 is 9.15 Å². The van der Waals surface area contributed by atoms with Crippen LogP contribution in [-0.4, -0.2) is 13.2 Å². The first-order chi connectivity index (χ1) is 9.90. The van der Waals surface area contributed by atoms with Gasteiger partial charge in [-0.3, -0.25) is 0 Å². The molecule has 1 aromatic carbocycles. The van der Waals surface area contributed by atoms with E-state index in [0.717, 1.165) is 23.6 Å². The molecular weight excluding hydrogens is 262 g/mol. The van der Waals surface area contributed by atoms with Gasteiger partial charge in [0, 0.05) is 12.5 Å². The summed E-state index contributed by atoms with van der Waals surface area (Å²) < 4.78 is 10.9. The van der Waals surface area contributed by atoms with Crippen LogP contribution in [0.4, 0.5) is 5.69 Å². The minimum atomic E-state index is 0.118. The molecule has 1 aromatic heterocycles. The number of benzene rings is 1. The summed E-state index contributed by atoms with van der Waals surface area (Å²) in [6.45, 7) is 8.78. The maximum atomic E-state index is 5.46. The molecule has 0 bridgehead atoms. The molecule has 2 aromatic rings. The Hall–Kier alpha value is -1.90. The lowest BCUT2D eigenvalue weighted by atomic mass is 9.86. The molecular formula is C18H25NO2. The quantitative estimate of drug-likeness (QED) is 0.870. The average Bonchev–Trinajstić information content (AvgIpc) is 2.90. The highest BCUT2D eigenvalue weighted by Gasteiger charge is 2.17. The second-order valence-electron chi connectivity index (χ2n) is 6.49. The molecule has 1 heterocycles. The van der Waals surface area contributed by atoms with Gasteiger partial charge >= 0.3 is 0 Å². The van der Waals surface area contributed by atoms with Gasteiger partial charge in [-0.15, -0.1) is 0 Å². The Morgan fingerprint density at radius 1 is 1.24 bits per heavy atom. The minimum Gasteiger partial charge on any atom is -0.495 e. The molecule has 114 valence electrons. The molecule has 0 fully saturated rings. The first kappa shape index (κ1) is 15.5. The van der Waals surface area contributed by atoms with E-state index in [2.05, 4.69) is 45.1 Å². The Morgan fingerprint density at radius 2 is 2.00 bits per heavy atom. The van der Waals surface area contributed by atoms with Gasteiger partial charge in [0.2, 0.25) is 0 Å². The van der Waals surface area contributed by atoms with Crippen molar-refractivity contribution in [1.29, 1.82) is 0 Å². The van der Waals surface area contributed by atoms with Crippen molar-refractivity contribution >= 4 is 5.69 Å². The van der Waals surface area contributed by atoms with E-state index < -0.39 is 0 Å². The van der Waals surface area contributed by atoms with Gasteiger partial charge in [-0.1, -0.05) is 26.8 Å². The minimum absolute atomic E-state index is 0.118. The topological polar surface area (TPSA) is 34.4 Å². The average molecular weight is 287 g/mol. The lowest BCUT2D eigenvalue weighted by molar-refractivity contribution is 0.415. The third-order valence-electron chi connectivity index (χ3n) is 3.55. The van der Waals surface area contributed by atoms with Gasteiger partial charge in [0.25, 0.3) is 0 Å². The van der Waals surface area contributed by atoms with Gasteiger partial charge in [-0.2, -0.15) is 0 Å². The third kappa shape index (κ3) is 4.03. The molecule has 3 nitrogen and oxygen atoms in total. The smallest absolute Gasteiger partial charge is 0.141 e. The van der Waals surface area contributed by atoms with Crippen LogP contribution in [0.5, 0.6) is 5.75 Å². The fraction of sp³-hybridized carbons (Fsp3) is 0.444. The summed E-state index contributed by atoms with van der Waals surface area (Å²) >= 11 is 0. The van der Waals surface area contributed by atoms with Crippen LogP contribution >= 0.6 is 0 Å². The molecule has 1 N–H and O–H groups in total. The molecule has 0 saturated heterocycles. The zero-order chi connectivity index (χ0) is 15.5. The summed E-state index contributed by atoms with van der Waals surface area (Å²) in [5.41, 5.74) is 2.44. The highest BCUT2D eigenvalue weighted by atomic mass is 16.5. The Bertz CT molecular complexity index is 567. The van der Waals surface area contributed by atoms with E-state index in [4.69, 9.17) is 9.15 Å². The monoisotopic (exact) mass is 287 g/mol. The van der Waals surface area contributed by atoms with Crippen molar-refractivity contribution in [2.24, 2.45) is 0 Å². The van der Waals surface area contributed by atoms with E-state index in [1.54, 1.807) is 13.4 Å². The Morgan fingerprint density at radius 3 is 2.57 bits per heavy atom. The SMILES string of the molecule is COc1ccc(C(C)(C)C)cc1NC(C)Cc1ccco1. The number of anilines is 1. The standard InChI is InChI=1S/C18H25NO2/c1-13(11-15-7-6-10-21-15)19-16-12-14(18(2,3)4)8-9-17(16)20-5/h6-10,12-13,19H,11H2,1-5H3. The van der Waals surface area contributed by atoms with Crippen molar-refractivity contribution in [3.8, 4) is 5.75 Å². The van der Waals surface area contributed by atoms with E-state index in [0.29, 0.717) is 0 Å². The molecule has 21 heavy (non-hydrogen) atoms. The molecule has 1 atom stereocenters. The van der Waals surface area contributed by atoms with Crippen LogP contribution in [0.3, 0.4) is 0 Å². The molecule has 3 heteroatoms. The predicted octanol–water partition coefficient (Wildman–Crippen LogP) is 4.63. The summed E-state index contributed by atoms with van der Waals surface area (Å²) in [4.78, 5) is 0. The van der Waals surface area contributed by atoms with Crippen LogP contribution in [-0.2, 0) is 11.8 Å². The zero-order valence-corrected chi connectivity index (χ0v) is 13.6. The molecule has 2 rings (SSSR count). The van der Waals surface area contributed by atoms with Gasteiger partial charge in [0.1, 0.15) is 11.5 Å². The molecule has 0 amide bonds. The van der Waals surface area contributed by atoms with E-state index >= 15 is 0 Å². The molecule has 0 spiro atoms. The molecule has 1 unspecified atom stereocenters. The normalized spacial score (nSPS) is 13.0. The largest absolute Gasteiger partial charge is 0.495 e. The Labute approximate surface area is 127 Å². The summed E-state index contributed by atoms with van der Waals surface area (Å²) in [6, 6.07) is 10.5. The highest BCUT2D eigenvalue weighted by molar-refractivity contribution is 5.59. The van der Waals surface area contributed by atoms with E-state index in [-0.39, 0.29) is 11.5 Å². The van der Waals surface area contributed by atoms with Crippen LogP contribution in [0.25, 0.3) is 0 Å². The summed E-state index contributed by atoms with van der Waals surface area (Å²) in [5.74, 6) is 1.86. The number of nitrogens with one attached hydrogen (secondary N) is 1. The van der Waals surface area contributed by atoms with Crippen LogP contribution in [0, 0.1) is 0 Å². The fourth-order valence-corrected chi connectivity index (χ4v) is 2.33. The van der Waals surface area contributed by atoms with Gasteiger partial charge in [-0.25, -0.2) is 0 Å². The van der Waals surface area contributed by atoms with E-state index in [1.807, 2.05) is 18.2 Å². The van der Waals surface area contributed by atoms with Crippen molar-refractivity contribution in [2.45, 2.75) is 45.6 Å². The Balaban J connectivity index is 2.17. The van der Waals surface area contributed by atoms with Gasteiger partial charge in [-0.05, 0) is 42.2 Å². The summed E-state index contributed by atoms with van der Waals surface area (Å²) in [5, 5.41) is 3.53. The molecule has 0 aliphatic rings. The maximum Gasteiger partial charge on any atom is 0.141 e. The van der Waals surface area contributed by atoms with Gasteiger partial charge in [0.15, 0.2) is 0 Å². The zero-order valence-electron chi connectivity index (χ0n) is 13.6. The molecule has 0 saturated carbocycles. The van der Waals surface area contributed by atoms with E-state index in [1.165, 1.54) is 5.56 Å². The second kappa shape index (κ2) is 6.25. The number of methoxy groups -OCH3 is 1. The molecule has 0 radical (unpaired) electrons. The van der Waals surface area contributed by atoms with Gasteiger partial charge in [0.05, 0.1) is 19.1 Å². The molecule has 0 aliphatic heterocycles. The lowest BCUT2D eigenvalue weighted by Gasteiger charge is -2.23. The maximum absolute atomic E-state index is 5.46. The fourth-order valence-electron chi connectivity index (χ4n) is 2.33. The number of furan rings is 1. The lowest BCUT2D eigenvalue weighted by Crippen LogP contribution is -2.19. The first-order valence-corrected chi connectivity index (χ1v) is 7.37. The van der Waals surface area contributed by atoms with Crippen molar-refractivity contribution in [3.05, 3.63) is 47.9 Å². The third-order valence-corrected chi connectivity index (χ3v) is 3.55. The van der Waals surface area contributed by atoms with Crippen molar-refractivity contribution in [1.82, 2.24) is 0 Å². The molecule has 0 aliphatic carbocycles. The highest BCUT2D eigenvalue weighted by Crippen LogP contribution is 2.32. The Kier molecular flexibility index (Phi) is 4.61. The number of rotatable bonds is 5. The van der Waals surface area contributed by atoms with Crippen molar-refractivity contribution in [3.63, 3.8) is 0 Å². The van der Waals surface area contributed by atoms with Crippen molar-refractivity contribution in [2.75, 3.05) is 12.4 Å². The van der Waals surface area contributed by atoms with Crippen LogP contribution in [0.15, 0.2) is 41.0 Å². The van der Waals surface area contributed by atoms with Crippen LogP contribution in [0.1, 0.15) is 39.0 Å². The van der Waals surface area contributed by atoms with Crippen LogP contribution < -0.4 is 10.1 Å². The number of hydrogen-bond donors (Lipinski definition) is 1.